The topological polar surface area (TPSA) is 38.2 Å². The first-order valence-electron chi connectivity index (χ1n) is 5.15. The molecule has 4 heteroatoms. The molecule has 0 saturated carbocycles. The molecule has 1 aliphatic rings. The standard InChI is InChI=1S/C12H11N3O/c1-3-10-8-15(9-16-12(10)14-6-1)11-4-2-5-13-7-11/h1-7H,8-9H2. The highest BCUT2D eigenvalue weighted by Gasteiger charge is 2.17. The summed E-state index contributed by atoms with van der Waals surface area (Å²) in [5.74, 6) is 0.739. The predicted molar refractivity (Wildman–Crippen MR) is 60.2 cm³/mol. The highest BCUT2D eigenvalue weighted by molar-refractivity contribution is 5.46. The summed E-state index contributed by atoms with van der Waals surface area (Å²) in [5.41, 5.74) is 2.18. The molecule has 3 heterocycles. The number of fused-ring (bicyclic) bond motifs is 1. The van der Waals surface area contributed by atoms with Gasteiger partial charge in [0.15, 0.2) is 6.73 Å². The van der Waals surface area contributed by atoms with Crippen molar-refractivity contribution in [1.82, 2.24) is 9.97 Å². The van der Waals surface area contributed by atoms with Crippen LogP contribution >= 0.6 is 0 Å². The first-order chi connectivity index (χ1) is 7.93. The highest BCUT2D eigenvalue weighted by atomic mass is 16.5. The van der Waals surface area contributed by atoms with Crippen LogP contribution in [0.4, 0.5) is 5.69 Å². The Morgan fingerprint density at radius 1 is 1.19 bits per heavy atom. The first-order valence-corrected chi connectivity index (χ1v) is 5.15. The van der Waals surface area contributed by atoms with Crippen molar-refractivity contribution in [2.75, 3.05) is 11.6 Å². The zero-order chi connectivity index (χ0) is 10.8. The summed E-state index contributed by atoms with van der Waals surface area (Å²) in [6.07, 6.45) is 5.35. The van der Waals surface area contributed by atoms with Gasteiger partial charge in [-0.3, -0.25) is 4.98 Å². The number of rotatable bonds is 1. The van der Waals surface area contributed by atoms with E-state index in [0.717, 1.165) is 23.7 Å². The number of pyridine rings is 2. The number of anilines is 1. The van der Waals surface area contributed by atoms with Crippen LogP contribution in [0, 0.1) is 0 Å². The molecular weight excluding hydrogens is 202 g/mol. The molecule has 0 atom stereocenters. The Morgan fingerprint density at radius 3 is 3.00 bits per heavy atom. The van der Waals surface area contributed by atoms with Gasteiger partial charge < -0.3 is 9.64 Å². The average molecular weight is 213 g/mol. The van der Waals surface area contributed by atoms with Crippen LogP contribution in [-0.4, -0.2) is 16.7 Å². The quantitative estimate of drug-likeness (QED) is 0.724. The molecule has 16 heavy (non-hydrogen) atoms. The van der Waals surface area contributed by atoms with Gasteiger partial charge in [-0.1, -0.05) is 6.07 Å². The fraction of sp³-hybridized carbons (Fsp3) is 0.167. The van der Waals surface area contributed by atoms with E-state index >= 15 is 0 Å². The number of nitrogens with zero attached hydrogens (tertiary/aromatic N) is 3. The maximum absolute atomic E-state index is 5.58. The van der Waals surface area contributed by atoms with Gasteiger partial charge in [0.1, 0.15) is 0 Å². The second-order valence-corrected chi connectivity index (χ2v) is 3.65. The summed E-state index contributed by atoms with van der Waals surface area (Å²) in [6.45, 7) is 1.34. The van der Waals surface area contributed by atoms with Crippen LogP contribution in [-0.2, 0) is 6.54 Å². The van der Waals surface area contributed by atoms with Crippen LogP contribution in [0.5, 0.6) is 5.88 Å². The molecule has 2 aromatic rings. The molecule has 0 spiro atoms. The molecule has 0 bridgehead atoms. The number of aromatic nitrogens is 2. The van der Waals surface area contributed by atoms with Gasteiger partial charge in [-0.2, -0.15) is 0 Å². The highest BCUT2D eigenvalue weighted by Crippen LogP contribution is 2.25. The van der Waals surface area contributed by atoms with Crippen LogP contribution in [0.25, 0.3) is 0 Å². The molecule has 2 aromatic heterocycles. The van der Waals surface area contributed by atoms with Crippen LogP contribution in [0.2, 0.25) is 0 Å². The first kappa shape index (κ1) is 9.15. The molecule has 3 rings (SSSR count). The average Bonchev–Trinajstić information content (AvgIpc) is 2.39. The maximum atomic E-state index is 5.58. The van der Waals surface area contributed by atoms with Gasteiger partial charge in [-0.25, -0.2) is 4.98 Å². The number of hydrogen-bond donors (Lipinski definition) is 0. The monoisotopic (exact) mass is 213 g/mol. The third-order valence-electron chi connectivity index (χ3n) is 2.58. The molecule has 0 aliphatic carbocycles. The molecule has 0 N–H and O–H groups in total. The van der Waals surface area contributed by atoms with Crippen LogP contribution in [0.1, 0.15) is 5.56 Å². The lowest BCUT2D eigenvalue weighted by Crippen LogP contribution is -2.32. The van der Waals surface area contributed by atoms with Gasteiger partial charge >= 0.3 is 0 Å². The summed E-state index contributed by atoms with van der Waals surface area (Å²) in [7, 11) is 0. The van der Waals surface area contributed by atoms with Crippen molar-refractivity contribution in [3.05, 3.63) is 48.4 Å². The van der Waals surface area contributed by atoms with Crippen molar-refractivity contribution in [2.24, 2.45) is 0 Å². The van der Waals surface area contributed by atoms with E-state index in [0.29, 0.717) is 6.73 Å². The Morgan fingerprint density at radius 2 is 2.12 bits per heavy atom. The Kier molecular flexibility index (Phi) is 2.18. The van der Waals surface area contributed by atoms with Crippen molar-refractivity contribution in [3.8, 4) is 5.88 Å². The van der Waals surface area contributed by atoms with E-state index in [1.54, 1.807) is 12.4 Å². The minimum absolute atomic E-state index is 0.524. The van der Waals surface area contributed by atoms with E-state index in [2.05, 4.69) is 14.9 Å². The Labute approximate surface area is 93.5 Å². The van der Waals surface area contributed by atoms with Gasteiger partial charge in [0, 0.05) is 18.0 Å². The van der Waals surface area contributed by atoms with Crippen LogP contribution in [0.3, 0.4) is 0 Å². The van der Waals surface area contributed by atoms with Crippen molar-refractivity contribution in [2.45, 2.75) is 6.54 Å². The molecule has 0 fully saturated rings. The van der Waals surface area contributed by atoms with Crippen molar-refractivity contribution < 1.29 is 4.74 Å². The summed E-state index contributed by atoms with van der Waals surface area (Å²) < 4.78 is 5.58. The molecule has 0 amide bonds. The third kappa shape index (κ3) is 1.58. The number of hydrogen-bond acceptors (Lipinski definition) is 4. The second-order valence-electron chi connectivity index (χ2n) is 3.65. The van der Waals surface area contributed by atoms with Crippen LogP contribution < -0.4 is 9.64 Å². The van der Waals surface area contributed by atoms with Gasteiger partial charge in [0.25, 0.3) is 0 Å². The van der Waals surface area contributed by atoms with Gasteiger partial charge in [-0.05, 0) is 18.2 Å². The lowest BCUT2D eigenvalue weighted by molar-refractivity contribution is 0.277. The Balaban J connectivity index is 1.89. The van der Waals surface area contributed by atoms with Crippen molar-refractivity contribution in [3.63, 3.8) is 0 Å². The Bertz CT molecular complexity index is 487. The summed E-state index contributed by atoms with van der Waals surface area (Å²) in [4.78, 5) is 10.4. The van der Waals surface area contributed by atoms with Crippen LogP contribution in [0.15, 0.2) is 42.9 Å². The third-order valence-corrected chi connectivity index (χ3v) is 2.58. The van der Waals surface area contributed by atoms with Gasteiger partial charge in [0.05, 0.1) is 18.4 Å². The molecule has 0 aromatic carbocycles. The SMILES string of the molecule is c1cncc(N2COc3ncccc3C2)c1. The largest absolute Gasteiger partial charge is 0.456 e. The predicted octanol–water partition coefficient (Wildman–Crippen LogP) is 1.83. The van der Waals surface area contributed by atoms with E-state index in [4.69, 9.17) is 4.74 Å². The summed E-state index contributed by atoms with van der Waals surface area (Å²) in [6, 6.07) is 7.91. The van der Waals surface area contributed by atoms with E-state index < -0.39 is 0 Å². The lowest BCUT2D eigenvalue weighted by atomic mass is 10.2. The van der Waals surface area contributed by atoms with E-state index in [1.807, 2.05) is 30.5 Å². The molecule has 0 radical (unpaired) electrons. The number of ether oxygens (including phenoxy) is 1. The van der Waals surface area contributed by atoms with Crippen molar-refractivity contribution >= 4 is 5.69 Å². The normalized spacial score (nSPS) is 14.1. The fourth-order valence-corrected chi connectivity index (χ4v) is 1.77. The van der Waals surface area contributed by atoms with E-state index in [9.17, 15) is 0 Å². The molecule has 80 valence electrons. The van der Waals surface area contributed by atoms with Gasteiger partial charge in [-0.15, -0.1) is 0 Å². The molecular formula is C12H11N3O. The summed E-state index contributed by atoms with van der Waals surface area (Å²) in [5, 5.41) is 0. The molecule has 0 unspecified atom stereocenters. The molecule has 1 aliphatic heterocycles. The molecule has 0 saturated heterocycles. The maximum Gasteiger partial charge on any atom is 0.220 e. The Hall–Kier alpha value is -2.10. The van der Waals surface area contributed by atoms with Crippen molar-refractivity contribution in [1.29, 1.82) is 0 Å². The lowest BCUT2D eigenvalue weighted by Gasteiger charge is -2.29. The van der Waals surface area contributed by atoms with Gasteiger partial charge in [0.2, 0.25) is 5.88 Å². The zero-order valence-corrected chi connectivity index (χ0v) is 8.71. The minimum atomic E-state index is 0.524. The zero-order valence-electron chi connectivity index (χ0n) is 8.71. The smallest absolute Gasteiger partial charge is 0.220 e. The fourth-order valence-electron chi connectivity index (χ4n) is 1.77. The minimum Gasteiger partial charge on any atom is -0.456 e. The molecule has 4 nitrogen and oxygen atoms in total. The van der Waals surface area contributed by atoms with E-state index in [1.165, 1.54) is 0 Å². The second kappa shape index (κ2) is 3.81. The van der Waals surface area contributed by atoms with E-state index in [-0.39, 0.29) is 0 Å². The summed E-state index contributed by atoms with van der Waals surface area (Å²) >= 11 is 0.